The van der Waals surface area contributed by atoms with Crippen LogP contribution in [0.5, 0.6) is 11.5 Å². The third-order valence-corrected chi connectivity index (χ3v) is 4.10. The smallest absolute Gasteiger partial charge is 0.220 e. The number of ether oxygens (including phenoxy) is 2. The van der Waals surface area contributed by atoms with Gasteiger partial charge in [0.15, 0.2) is 11.5 Å². The first kappa shape index (κ1) is 19.2. The van der Waals surface area contributed by atoms with Crippen molar-refractivity contribution in [3.8, 4) is 11.5 Å². The summed E-state index contributed by atoms with van der Waals surface area (Å²) < 4.78 is 11.0. The molecule has 0 saturated heterocycles. The first-order valence-corrected chi connectivity index (χ1v) is 8.19. The Balaban J connectivity index is 0.00000225. The summed E-state index contributed by atoms with van der Waals surface area (Å²) in [7, 11) is 0. The van der Waals surface area contributed by atoms with Crippen molar-refractivity contribution in [1.82, 2.24) is 5.32 Å². The van der Waals surface area contributed by atoms with Crippen LogP contribution in [0.25, 0.3) is 0 Å². The van der Waals surface area contributed by atoms with Gasteiger partial charge in [-0.2, -0.15) is 0 Å². The van der Waals surface area contributed by atoms with Gasteiger partial charge in [0, 0.05) is 18.7 Å². The number of hydrogen-bond acceptors (Lipinski definition) is 4. The molecule has 2 aromatic carbocycles. The molecule has 1 aliphatic rings. The van der Waals surface area contributed by atoms with E-state index in [2.05, 4.69) is 5.32 Å². The third kappa shape index (κ3) is 4.94. The maximum Gasteiger partial charge on any atom is 0.220 e. The molecule has 0 radical (unpaired) electrons. The van der Waals surface area contributed by atoms with Crippen LogP contribution in [0.1, 0.15) is 17.5 Å². The second-order valence-corrected chi connectivity index (χ2v) is 5.98. The fraction of sp³-hybridized carbons (Fsp3) is 0.278. The lowest BCUT2D eigenvalue weighted by Gasteiger charge is -2.20. The number of aryl methyl sites for hydroxylation is 1. The maximum absolute atomic E-state index is 12.0. The van der Waals surface area contributed by atoms with Crippen molar-refractivity contribution in [2.24, 2.45) is 0 Å². The molecule has 0 unspecified atom stereocenters. The highest BCUT2D eigenvalue weighted by molar-refractivity contribution is 6.32. The summed E-state index contributed by atoms with van der Waals surface area (Å²) in [5.41, 5.74) is 8.45. The largest absolute Gasteiger partial charge is 0.486 e. The minimum Gasteiger partial charge on any atom is -0.486 e. The molecule has 25 heavy (non-hydrogen) atoms. The fourth-order valence-corrected chi connectivity index (χ4v) is 2.85. The first-order chi connectivity index (χ1) is 11.6. The van der Waals surface area contributed by atoms with Crippen LogP contribution in [0.4, 0.5) is 5.69 Å². The van der Waals surface area contributed by atoms with E-state index in [1.165, 1.54) is 0 Å². The number of anilines is 1. The molecule has 0 spiro atoms. The zero-order valence-electron chi connectivity index (χ0n) is 13.6. The van der Waals surface area contributed by atoms with Gasteiger partial charge in [-0.1, -0.05) is 29.8 Å². The highest BCUT2D eigenvalue weighted by Crippen LogP contribution is 2.38. The van der Waals surface area contributed by atoms with Crippen LogP contribution in [-0.4, -0.2) is 19.1 Å². The predicted octanol–water partition coefficient (Wildman–Crippen LogP) is 3.36. The molecular formula is C18H20Cl2N2O3. The molecular weight excluding hydrogens is 363 g/mol. The maximum atomic E-state index is 12.0. The van der Waals surface area contributed by atoms with Crippen LogP contribution in [-0.2, 0) is 17.8 Å². The highest BCUT2D eigenvalue weighted by atomic mass is 35.5. The van der Waals surface area contributed by atoms with Gasteiger partial charge in [0.05, 0.1) is 5.02 Å². The van der Waals surface area contributed by atoms with E-state index in [4.69, 9.17) is 26.8 Å². The summed E-state index contributed by atoms with van der Waals surface area (Å²) >= 11 is 6.19. The fourth-order valence-electron chi connectivity index (χ4n) is 2.57. The minimum atomic E-state index is -0.0377. The summed E-state index contributed by atoms with van der Waals surface area (Å²) in [5, 5.41) is 3.38. The molecule has 0 bridgehead atoms. The lowest BCUT2D eigenvalue weighted by atomic mass is 10.1. The lowest BCUT2D eigenvalue weighted by molar-refractivity contribution is -0.121. The second-order valence-electron chi connectivity index (χ2n) is 5.58. The number of para-hydroxylation sites is 1. The number of benzene rings is 2. The summed E-state index contributed by atoms with van der Waals surface area (Å²) in [6.07, 6.45) is 0.993. The van der Waals surface area contributed by atoms with Gasteiger partial charge in [0.2, 0.25) is 5.91 Å². The molecule has 0 atom stereocenters. The molecule has 134 valence electrons. The van der Waals surface area contributed by atoms with Gasteiger partial charge >= 0.3 is 0 Å². The Morgan fingerprint density at radius 1 is 1.20 bits per heavy atom. The van der Waals surface area contributed by atoms with E-state index in [1.54, 1.807) is 6.07 Å². The van der Waals surface area contributed by atoms with Crippen molar-refractivity contribution < 1.29 is 14.3 Å². The summed E-state index contributed by atoms with van der Waals surface area (Å²) in [6, 6.07) is 11.2. The van der Waals surface area contributed by atoms with E-state index in [9.17, 15) is 4.79 Å². The third-order valence-electron chi connectivity index (χ3n) is 3.82. The number of amides is 1. The van der Waals surface area contributed by atoms with Crippen LogP contribution < -0.4 is 20.5 Å². The normalized spacial score (nSPS) is 12.2. The number of nitrogen functional groups attached to an aromatic ring is 1. The summed E-state index contributed by atoms with van der Waals surface area (Å²) in [6.45, 7) is 1.38. The van der Waals surface area contributed by atoms with E-state index in [0.29, 0.717) is 54.8 Å². The lowest BCUT2D eigenvalue weighted by Crippen LogP contribution is -2.23. The minimum absolute atomic E-state index is 0. The molecule has 0 fully saturated rings. The van der Waals surface area contributed by atoms with E-state index < -0.39 is 0 Å². The van der Waals surface area contributed by atoms with Gasteiger partial charge in [-0.25, -0.2) is 0 Å². The van der Waals surface area contributed by atoms with Crippen molar-refractivity contribution in [3.63, 3.8) is 0 Å². The van der Waals surface area contributed by atoms with Crippen molar-refractivity contribution in [3.05, 3.63) is 52.5 Å². The molecule has 5 nitrogen and oxygen atoms in total. The van der Waals surface area contributed by atoms with Crippen LogP contribution in [0.15, 0.2) is 36.4 Å². The first-order valence-electron chi connectivity index (χ1n) is 7.81. The molecule has 1 heterocycles. The van der Waals surface area contributed by atoms with E-state index in [1.807, 2.05) is 30.3 Å². The van der Waals surface area contributed by atoms with Crippen LogP contribution in [0, 0.1) is 0 Å². The monoisotopic (exact) mass is 382 g/mol. The topological polar surface area (TPSA) is 73.6 Å². The van der Waals surface area contributed by atoms with Gasteiger partial charge in [-0.3, -0.25) is 4.79 Å². The number of fused-ring (bicyclic) bond motifs is 1. The number of nitrogens with one attached hydrogen (secondary N) is 1. The molecule has 1 amide bonds. The van der Waals surface area contributed by atoms with E-state index >= 15 is 0 Å². The number of nitrogens with two attached hydrogens (primary N) is 1. The van der Waals surface area contributed by atoms with Crippen molar-refractivity contribution in [1.29, 1.82) is 0 Å². The van der Waals surface area contributed by atoms with Crippen LogP contribution in [0.2, 0.25) is 5.02 Å². The Kier molecular flexibility index (Phi) is 6.79. The molecule has 0 saturated carbocycles. The molecule has 7 heteroatoms. The zero-order chi connectivity index (χ0) is 16.9. The molecule has 3 N–H and O–H groups in total. The van der Waals surface area contributed by atoms with Gasteiger partial charge in [-0.05, 0) is 35.7 Å². The Bertz CT molecular complexity index is 753. The average Bonchev–Trinajstić information content (AvgIpc) is 2.59. The molecule has 1 aliphatic heterocycles. The predicted molar refractivity (Wildman–Crippen MR) is 101 cm³/mol. The molecule has 2 aromatic rings. The van der Waals surface area contributed by atoms with E-state index in [-0.39, 0.29) is 18.3 Å². The number of rotatable bonds is 5. The second kappa shape index (κ2) is 8.83. The van der Waals surface area contributed by atoms with Gasteiger partial charge in [0.25, 0.3) is 0 Å². The van der Waals surface area contributed by atoms with Crippen molar-refractivity contribution >= 4 is 35.6 Å². The van der Waals surface area contributed by atoms with Crippen LogP contribution in [0.3, 0.4) is 0 Å². The Hall–Kier alpha value is -2.11. The summed E-state index contributed by atoms with van der Waals surface area (Å²) in [4.78, 5) is 12.0. The Morgan fingerprint density at radius 2 is 1.96 bits per heavy atom. The Labute approximate surface area is 157 Å². The van der Waals surface area contributed by atoms with Crippen molar-refractivity contribution in [2.75, 3.05) is 18.9 Å². The number of carbonyl (C=O) groups excluding carboxylic acids is 1. The van der Waals surface area contributed by atoms with Gasteiger partial charge in [-0.15, -0.1) is 12.4 Å². The number of hydrogen-bond donors (Lipinski definition) is 2. The van der Waals surface area contributed by atoms with Gasteiger partial charge in [0.1, 0.15) is 13.2 Å². The van der Waals surface area contributed by atoms with Crippen molar-refractivity contribution in [2.45, 2.75) is 19.4 Å². The SMILES string of the molecule is Cl.Nc1ccccc1CCC(=O)NCc1cc(Cl)c2c(c1)OCCO2. The summed E-state index contributed by atoms with van der Waals surface area (Å²) in [5.74, 6) is 1.15. The molecule has 0 aromatic heterocycles. The zero-order valence-corrected chi connectivity index (χ0v) is 15.2. The van der Waals surface area contributed by atoms with E-state index in [0.717, 1.165) is 11.1 Å². The number of halogens is 2. The Morgan fingerprint density at radius 3 is 2.76 bits per heavy atom. The molecule has 3 rings (SSSR count). The number of carbonyl (C=O) groups is 1. The average molecular weight is 383 g/mol. The van der Waals surface area contributed by atoms with Crippen LogP contribution >= 0.6 is 24.0 Å². The highest BCUT2D eigenvalue weighted by Gasteiger charge is 2.16. The standard InChI is InChI=1S/C18H19ClN2O3.ClH/c19-14-9-12(10-16-18(14)24-8-7-23-16)11-21-17(22)6-5-13-3-1-2-4-15(13)20;/h1-4,9-10H,5-8,11,20H2,(H,21,22);1H. The quantitative estimate of drug-likeness (QED) is 0.777. The van der Waals surface area contributed by atoms with Gasteiger partial charge < -0.3 is 20.5 Å². The molecule has 0 aliphatic carbocycles.